The zero-order valence-corrected chi connectivity index (χ0v) is 17.2. The van der Waals surface area contributed by atoms with Crippen LogP contribution in [-0.2, 0) is 6.54 Å². The van der Waals surface area contributed by atoms with E-state index in [4.69, 9.17) is 4.74 Å². The Bertz CT molecular complexity index is 1040. The van der Waals surface area contributed by atoms with Crippen LogP contribution in [0.25, 0.3) is 0 Å². The highest BCUT2D eigenvalue weighted by molar-refractivity contribution is 5.60. The summed E-state index contributed by atoms with van der Waals surface area (Å²) in [5.41, 5.74) is 13.2. The van der Waals surface area contributed by atoms with Crippen molar-refractivity contribution in [2.75, 3.05) is 18.6 Å². The van der Waals surface area contributed by atoms with Crippen LogP contribution in [0.5, 0.6) is 5.75 Å². The van der Waals surface area contributed by atoms with Crippen molar-refractivity contribution in [1.82, 2.24) is 10.9 Å². The van der Waals surface area contributed by atoms with Gasteiger partial charge in [-0.05, 0) is 53.9 Å². The van der Waals surface area contributed by atoms with E-state index in [1.807, 2.05) is 24.3 Å². The second kappa shape index (κ2) is 7.74. The van der Waals surface area contributed by atoms with Crippen LogP contribution in [0, 0.1) is 18.7 Å². The third-order valence-electron chi connectivity index (χ3n) is 6.30. The highest BCUT2D eigenvalue weighted by Gasteiger charge is 2.43. The monoisotopic (exact) mass is 403 g/mol. The summed E-state index contributed by atoms with van der Waals surface area (Å²) in [4.78, 5) is 2.46. The number of anilines is 1. The molecule has 5 heteroatoms. The molecule has 3 atom stereocenters. The summed E-state index contributed by atoms with van der Waals surface area (Å²) in [6.45, 7) is 3.88. The summed E-state index contributed by atoms with van der Waals surface area (Å²) in [7, 11) is 1.69. The topological polar surface area (TPSA) is 36.5 Å². The molecule has 0 saturated carbocycles. The molecule has 30 heavy (non-hydrogen) atoms. The predicted molar refractivity (Wildman–Crippen MR) is 117 cm³/mol. The molecule has 1 saturated heterocycles. The van der Waals surface area contributed by atoms with Crippen LogP contribution in [0.1, 0.15) is 34.3 Å². The van der Waals surface area contributed by atoms with Gasteiger partial charge < -0.3 is 9.64 Å². The Hall–Kier alpha value is -2.89. The maximum absolute atomic E-state index is 13.5. The van der Waals surface area contributed by atoms with Gasteiger partial charge in [0.05, 0.1) is 19.2 Å². The summed E-state index contributed by atoms with van der Waals surface area (Å²) in [6, 6.07) is 22.2. The van der Waals surface area contributed by atoms with E-state index in [9.17, 15) is 4.39 Å². The Morgan fingerprint density at radius 2 is 1.70 bits per heavy atom. The molecule has 4 nitrogen and oxygen atoms in total. The molecule has 2 N–H and O–H groups in total. The van der Waals surface area contributed by atoms with Crippen molar-refractivity contribution in [2.24, 2.45) is 5.92 Å². The number of benzene rings is 3. The molecule has 5 rings (SSSR count). The Balaban J connectivity index is 1.48. The van der Waals surface area contributed by atoms with Crippen molar-refractivity contribution >= 4 is 5.69 Å². The lowest BCUT2D eigenvalue weighted by atomic mass is 9.81. The Morgan fingerprint density at radius 3 is 2.43 bits per heavy atom. The van der Waals surface area contributed by atoms with Gasteiger partial charge in [0.15, 0.2) is 0 Å². The lowest BCUT2D eigenvalue weighted by Crippen LogP contribution is -2.39. The third-order valence-corrected chi connectivity index (χ3v) is 6.30. The van der Waals surface area contributed by atoms with E-state index in [-0.39, 0.29) is 17.9 Å². The molecule has 1 fully saturated rings. The quantitative estimate of drug-likeness (QED) is 0.664. The van der Waals surface area contributed by atoms with Gasteiger partial charge in [-0.2, -0.15) is 0 Å². The van der Waals surface area contributed by atoms with Gasteiger partial charge in [0.2, 0.25) is 0 Å². The maximum Gasteiger partial charge on any atom is 0.123 e. The van der Waals surface area contributed by atoms with Crippen LogP contribution >= 0.6 is 0 Å². The Labute approximate surface area is 176 Å². The number of methoxy groups -OCH3 is 1. The van der Waals surface area contributed by atoms with E-state index < -0.39 is 0 Å². The first kappa shape index (κ1) is 19.1. The molecule has 2 heterocycles. The van der Waals surface area contributed by atoms with Crippen LogP contribution in [0.4, 0.5) is 10.1 Å². The second-order valence-electron chi connectivity index (χ2n) is 8.25. The van der Waals surface area contributed by atoms with Crippen LogP contribution in [-0.4, -0.2) is 13.7 Å². The summed E-state index contributed by atoms with van der Waals surface area (Å²) in [5, 5.41) is 0. The number of hydrogen-bond acceptors (Lipinski definition) is 4. The molecule has 0 bridgehead atoms. The van der Waals surface area contributed by atoms with Gasteiger partial charge in [-0.15, -0.1) is 0 Å². The fourth-order valence-corrected chi connectivity index (χ4v) is 4.77. The van der Waals surface area contributed by atoms with Crippen molar-refractivity contribution in [3.05, 3.63) is 94.8 Å². The number of fused-ring (bicyclic) bond motifs is 3. The molecule has 0 radical (unpaired) electrons. The molecule has 0 aliphatic carbocycles. The minimum absolute atomic E-state index is 0.127. The highest BCUT2D eigenvalue weighted by Crippen LogP contribution is 2.45. The normalized spacial score (nSPS) is 22.5. The van der Waals surface area contributed by atoms with Crippen molar-refractivity contribution in [1.29, 1.82) is 0 Å². The second-order valence-corrected chi connectivity index (χ2v) is 8.25. The van der Waals surface area contributed by atoms with Crippen molar-refractivity contribution < 1.29 is 9.13 Å². The van der Waals surface area contributed by atoms with Gasteiger partial charge in [0.1, 0.15) is 11.6 Å². The van der Waals surface area contributed by atoms with Gasteiger partial charge in [-0.1, -0.05) is 42.0 Å². The van der Waals surface area contributed by atoms with Gasteiger partial charge in [0, 0.05) is 24.7 Å². The van der Waals surface area contributed by atoms with E-state index in [2.05, 4.69) is 53.0 Å². The minimum atomic E-state index is -0.202. The van der Waals surface area contributed by atoms with E-state index in [0.717, 1.165) is 24.4 Å². The summed E-state index contributed by atoms with van der Waals surface area (Å²) in [5.74, 6) is 1.00. The minimum Gasteiger partial charge on any atom is -0.497 e. The first-order valence-corrected chi connectivity index (χ1v) is 10.4. The van der Waals surface area contributed by atoms with Crippen LogP contribution in [0.3, 0.4) is 0 Å². The number of nitrogens with one attached hydrogen (secondary N) is 2. The number of rotatable bonds is 4. The first-order chi connectivity index (χ1) is 14.6. The zero-order chi connectivity index (χ0) is 20.7. The number of aryl methyl sites for hydroxylation is 1. The van der Waals surface area contributed by atoms with Crippen molar-refractivity contribution in [3.8, 4) is 5.75 Å². The molecule has 0 aromatic heterocycles. The smallest absolute Gasteiger partial charge is 0.123 e. The fourth-order valence-electron chi connectivity index (χ4n) is 4.77. The predicted octanol–water partition coefficient (Wildman–Crippen LogP) is 4.67. The van der Waals surface area contributed by atoms with Gasteiger partial charge in [-0.3, -0.25) is 0 Å². The molecular formula is C25H26FN3O. The van der Waals surface area contributed by atoms with Gasteiger partial charge in [-0.25, -0.2) is 15.2 Å². The standard InChI is InChI=1S/C25H26FN3O/c1-16-3-12-23-21(13-16)25-22(24(27-28-25)18-6-8-19(26)9-7-18)15-29(23)14-17-4-10-20(30-2)11-5-17/h3-13,22,24-25,27-28H,14-15H2,1-2H3. The molecule has 2 aliphatic rings. The lowest BCUT2D eigenvalue weighted by molar-refractivity contribution is 0.401. The van der Waals surface area contributed by atoms with Crippen molar-refractivity contribution in [2.45, 2.75) is 25.6 Å². The van der Waals surface area contributed by atoms with E-state index in [0.29, 0.717) is 5.92 Å². The van der Waals surface area contributed by atoms with Gasteiger partial charge in [0.25, 0.3) is 0 Å². The van der Waals surface area contributed by atoms with E-state index >= 15 is 0 Å². The summed E-state index contributed by atoms with van der Waals surface area (Å²) in [6.07, 6.45) is 0. The van der Waals surface area contributed by atoms with Gasteiger partial charge >= 0.3 is 0 Å². The van der Waals surface area contributed by atoms with Crippen molar-refractivity contribution in [3.63, 3.8) is 0 Å². The molecule has 3 aromatic carbocycles. The molecular weight excluding hydrogens is 377 g/mol. The largest absolute Gasteiger partial charge is 0.497 e. The fraction of sp³-hybridized carbons (Fsp3) is 0.280. The molecule has 3 aromatic rings. The summed E-state index contributed by atoms with van der Waals surface area (Å²) < 4.78 is 18.8. The average Bonchev–Trinajstić information content (AvgIpc) is 3.19. The molecule has 0 amide bonds. The summed E-state index contributed by atoms with van der Waals surface area (Å²) >= 11 is 0. The number of hydrazine groups is 1. The number of nitrogens with zero attached hydrogens (tertiary/aromatic N) is 1. The SMILES string of the molecule is COc1ccc(CN2CC3C(c4ccc(F)cc4)NNC3c3cc(C)ccc32)cc1. The first-order valence-electron chi connectivity index (χ1n) is 10.4. The molecule has 3 unspecified atom stereocenters. The molecule has 2 aliphatic heterocycles. The van der Waals surface area contributed by atoms with E-state index in [1.165, 1.54) is 22.4 Å². The third kappa shape index (κ3) is 3.44. The number of hydrogen-bond donors (Lipinski definition) is 2. The molecule has 0 spiro atoms. The number of halogens is 1. The average molecular weight is 404 g/mol. The lowest BCUT2D eigenvalue weighted by Gasteiger charge is -2.39. The highest BCUT2D eigenvalue weighted by atomic mass is 19.1. The van der Waals surface area contributed by atoms with E-state index in [1.54, 1.807) is 19.2 Å². The van der Waals surface area contributed by atoms with Crippen LogP contribution < -0.4 is 20.5 Å². The maximum atomic E-state index is 13.5. The zero-order valence-electron chi connectivity index (χ0n) is 17.2. The Morgan fingerprint density at radius 1 is 0.967 bits per heavy atom. The Kier molecular flexibility index (Phi) is 4.93. The van der Waals surface area contributed by atoms with Crippen LogP contribution in [0.2, 0.25) is 0 Å². The number of ether oxygens (including phenoxy) is 1. The molecule has 154 valence electrons. The van der Waals surface area contributed by atoms with Crippen LogP contribution in [0.15, 0.2) is 66.7 Å².